The normalized spacial score (nSPS) is 10.7. The molecule has 2 aromatic carbocycles. The Morgan fingerprint density at radius 1 is 1.04 bits per heavy atom. The van der Waals surface area contributed by atoms with Crippen molar-refractivity contribution in [3.63, 3.8) is 0 Å². The first kappa shape index (κ1) is 14.9. The molecule has 4 rings (SSSR count). The third kappa shape index (κ3) is 2.92. The van der Waals surface area contributed by atoms with Crippen molar-refractivity contribution in [2.75, 3.05) is 5.32 Å². The van der Waals surface area contributed by atoms with E-state index in [4.69, 9.17) is 0 Å². The second kappa shape index (κ2) is 6.09. The fourth-order valence-corrected chi connectivity index (χ4v) is 2.65. The van der Waals surface area contributed by atoms with Gasteiger partial charge in [0.05, 0.1) is 17.4 Å². The molecule has 0 bridgehead atoms. The summed E-state index contributed by atoms with van der Waals surface area (Å²) in [7, 11) is 0. The Kier molecular flexibility index (Phi) is 3.63. The number of aromatic nitrogens is 3. The van der Waals surface area contributed by atoms with Gasteiger partial charge in [0.1, 0.15) is 0 Å². The van der Waals surface area contributed by atoms with Gasteiger partial charge in [-0.3, -0.25) is 9.59 Å². The summed E-state index contributed by atoms with van der Waals surface area (Å²) in [6.45, 7) is 0. The van der Waals surface area contributed by atoms with Crippen molar-refractivity contribution in [3.8, 4) is 5.69 Å². The smallest absolute Gasteiger partial charge is 0.255 e. The van der Waals surface area contributed by atoms with Gasteiger partial charge in [-0.25, -0.2) is 4.68 Å². The maximum absolute atomic E-state index is 12.2. The average molecular weight is 330 g/mol. The minimum absolute atomic E-state index is 0.311. The van der Waals surface area contributed by atoms with Crippen molar-refractivity contribution < 1.29 is 4.79 Å². The third-order valence-electron chi connectivity index (χ3n) is 3.88. The highest BCUT2D eigenvalue weighted by atomic mass is 16.2. The van der Waals surface area contributed by atoms with Gasteiger partial charge < -0.3 is 10.3 Å². The van der Waals surface area contributed by atoms with Crippen LogP contribution >= 0.6 is 0 Å². The molecule has 25 heavy (non-hydrogen) atoms. The number of H-pyrrole nitrogens is 1. The standard InChI is InChI=1S/C19H14N4O2/c24-18-11-13(9-10-20-18)19(25)22-15-5-7-16(8-6-15)23-17-4-2-1-3-14(17)12-21-23/h1-12H,(H,20,24)(H,22,25). The van der Waals surface area contributed by atoms with Crippen LogP contribution in [0.2, 0.25) is 0 Å². The molecular formula is C19H14N4O2. The topological polar surface area (TPSA) is 79.8 Å². The van der Waals surface area contributed by atoms with Gasteiger partial charge in [0.15, 0.2) is 0 Å². The van der Waals surface area contributed by atoms with Crippen LogP contribution in [0.4, 0.5) is 5.69 Å². The number of amides is 1. The van der Waals surface area contributed by atoms with E-state index in [0.29, 0.717) is 11.3 Å². The van der Waals surface area contributed by atoms with Gasteiger partial charge in [0, 0.05) is 28.9 Å². The Hall–Kier alpha value is -3.67. The van der Waals surface area contributed by atoms with Crippen LogP contribution in [0.1, 0.15) is 10.4 Å². The van der Waals surface area contributed by atoms with E-state index < -0.39 is 0 Å². The van der Waals surface area contributed by atoms with Crippen molar-refractivity contribution in [2.24, 2.45) is 0 Å². The Morgan fingerprint density at radius 3 is 2.64 bits per heavy atom. The van der Waals surface area contributed by atoms with E-state index in [1.165, 1.54) is 12.3 Å². The molecule has 2 heterocycles. The van der Waals surface area contributed by atoms with Gasteiger partial charge in [-0.2, -0.15) is 5.10 Å². The minimum Gasteiger partial charge on any atom is -0.329 e. The molecule has 0 saturated carbocycles. The summed E-state index contributed by atoms with van der Waals surface area (Å²) >= 11 is 0. The second-order valence-electron chi connectivity index (χ2n) is 5.56. The van der Waals surface area contributed by atoms with Crippen LogP contribution in [-0.2, 0) is 0 Å². The summed E-state index contributed by atoms with van der Waals surface area (Å²) in [5.74, 6) is -0.330. The van der Waals surface area contributed by atoms with Crippen molar-refractivity contribution in [3.05, 3.63) is 89.0 Å². The first-order valence-electron chi connectivity index (χ1n) is 7.74. The Labute approximate surface area is 142 Å². The van der Waals surface area contributed by atoms with E-state index in [2.05, 4.69) is 15.4 Å². The molecule has 0 saturated heterocycles. The number of carbonyl (C=O) groups is 1. The summed E-state index contributed by atoms with van der Waals surface area (Å²) in [6.07, 6.45) is 3.26. The predicted molar refractivity (Wildman–Crippen MR) is 96.1 cm³/mol. The molecule has 6 heteroatoms. The van der Waals surface area contributed by atoms with Crippen molar-refractivity contribution >= 4 is 22.5 Å². The monoisotopic (exact) mass is 330 g/mol. The number of aromatic amines is 1. The number of nitrogens with zero attached hydrogens (tertiary/aromatic N) is 2. The van der Waals surface area contributed by atoms with E-state index in [1.54, 1.807) is 18.2 Å². The Balaban J connectivity index is 1.58. The molecule has 122 valence electrons. The molecule has 4 aromatic rings. The van der Waals surface area contributed by atoms with Gasteiger partial charge in [0.2, 0.25) is 5.56 Å². The van der Waals surface area contributed by atoms with Crippen LogP contribution in [0.25, 0.3) is 16.6 Å². The number of pyridine rings is 1. The predicted octanol–water partition coefficient (Wildman–Crippen LogP) is 2.97. The lowest BCUT2D eigenvalue weighted by Gasteiger charge is -2.07. The molecule has 1 amide bonds. The van der Waals surface area contributed by atoms with Gasteiger partial charge >= 0.3 is 0 Å². The highest BCUT2D eigenvalue weighted by Crippen LogP contribution is 2.19. The minimum atomic E-state index is -0.330. The highest BCUT2D eigenvalue weighted by Gasteiger charge is 2.08. The lowest BCUT2D eigenvalue weighted by Crippen LogP contribution is -2.15. The highest BCUT2D eigenvalue weighted by molar-refractivity contribution is 6.04. The lowest BCUT2D eigenvalue weighted by atomic mass is 10.2. The number of carbonyl (C=O) groups excluding carboxylic acids is 1. The molecule has 6 nitrogen and oxygen atoms in total. The molecule has 0 radical (unpaired) electrons. The summed E-state index contributed by atoms with van der Waals surface area (Å²) < 4.78 is 1.84. The first-order chi connectivity index (χ1) is 12.2. The number of hydrogen-bond donors (Lipinski definition) is 2. The molecular weight excluding hydrogens is 316 g/mol. The average Bonchev–Trinajstić information content (AvgIpc) is 3.06. The van der Waals surface area contributed by atoms with Crippen molar-refractivity contribution in [1.82, 2.24) is 14.8 Å². The lowest BCUT2D eigenvalue weighted by molar-refractivity contribution is 0.102. The zero-order valence-electron chi connectivity index (χ0n) is 13.1. The summed E-state index contributed by atoms with van der Waals surface area (Å²) in [5.41, 5.74) is 2.56. The van der Waals surface area contributed by atoms with E-state index in [1.807, 2.05) is 47.3 Å². The van der Waals surface area contributed by atoms with Crippen LogP contribution in [0.15, 0.2) is 77.9 Å². The molecule has 0 aliphatic heterocycles. The molecule has 0 spiro atoms. The van der Waals surface area contributed by atoms with Gasteiger partial charge in [-0.05, 0) is 36.4 Å². The van der Waals surface area contributed by atoms with Crippen LogP contribution < -0.4 is 10.9 Å². The molecule has 0 fully saturated rings. The molecule has 0 aliphatic carbocycles. The van der Waals surface area contributed by atoms with E-state index >= 15 is 0 Å². The number of fused-ring (bicyclic) bond motifs is 1. The van der Waals surface area contributed by atoms with Crippen LogP contribution in [-0.4, -0.2) is 20.7 Å². The summed E-state index contributed by atoms with van der Waals surface area (Å²) in [4.78, 5) is 25.9. The number of nitrogens with one attached hydrogen (secondary N) is 2. The number of anilines is 1. The fraction of sp³-hybridized carbons (Fsp3) is 0. The van der Waals surface area contributed by atoms with Crippen LogP contribution in [0.5, 0.6) is 0 Å². The zero-order valence-corrected chi connectivity index (χ0v) is 13.1. The van der Waals surface area contributed by atoms with Gasteiger partial charge in [-0.1, -0.05) is 18.2 Å². The Bertz CT molecular complexity index is 1110. The molecule has 2 aromatic heterocycles. The number of hydrogen-bond acceptors (Lipinski definition) is 3. The van der Waals surface area contributed by atoms with Gasteiger partial charge in [-0.15, -0.1) is 0 Å². The van der Waals surface area contributed by atoms with Crippen molar-refractivity contribution in [1.29, 1.82) is 0 Å². The SMILES string of the molecule is O=C(Nc1ccc(-n2ncc3ccccc32)cc1)c1cc[nH]c(=O)c1. The second-order valence-corrected chi connectivity index (χ2v) is 5.56. The molecule has 0 aliphatic rings. The van der Waals surface area contributed by atoms with E-state index in [9.17, 15) is 9.59 Å². The first-order valence-corrected chi connectivity index (χ1v) is 7.74. The van der Waals surface area contributed by atoms with Crippen LogP contribution in [0.3, 0.4) is 0 Å². The van der Waals surface area contributed by atoms with Gasteiger partial charge in [0.25, 0.3) is 5.91 Å². The maximum Gasteiger partial charge on any atom is 0.255 e. The Morgan fingerprint density at radius 2 is 1.84 bits per heavy atom. The van der Waals surface area contributed by atoms with Crippen LogP contribution in [0, 0.1) is 0 Å². The summed E-state index contributed by atoms with van der Waals surface area (Å²) in [5, 5.41) is 8.24. The summed E-state index contributed by atoms with van der Waals surface area (Å²) in [6, 6.07) is 18.1. The zero-order chi connectivity index (χ0) is 17.2. The third-order valence-corrected chi connectivity index (χ3v) is 3.88. The largest absolute Gasteiger partial charge is 0.329 e. The van der Waals surface area contributed by atoms with Crippen molar-refractivity contribution in [2.45, 2.75) is 0 Å². The van der Waals surface area contributed by atoms with E-state index in [0.717, 1.165) is 16.6 Å². The number of rotatable bonds is 3. The number of para-hydroxylation sites is 1. The van der Waals surface area contributed by atoms with E-state index in [-0.39, 0.29) is 11.5 Å². The fourth-order valence-electron chi connectivity index (χ4n) is 2.65. The molecule has 0 atom stereocenters. The quantitative estimate of drug-likeness (QED) is 0.606. The molecule has 0 unspecified atom stereocenters. The maximum atomic E-state index is 12.2. The number of benzene rings is 2. The molecule has 2 N–H and O–H groups in total.